The molecule has 0 radical (unpaired) electrons. The van der Waals surface area contributed by atoms with E-state index < -0.39 is 6.04 Å². The third kappa shape index (κ3) is 3.97. The Labute approximate surface area is 203 Å². The first kappa shape index (κ1) is 23.3. The first-order valence-electron chi connectivity index (χ1n) is 10.8. The lowest BCUT2D eigenvalue weighted by molar-refractivity contribution is -0.113. The minimum atomic E-state index is -0.546. The fourth-order valence-corrected chi connectivity index (χ4v) is 4.61. The molecule has 0 spiro atoms. The average Bonchev–Trinajstić information content (AvgIpc) is 3.32. The van der Waals surface area contributed by atoms with Crippen molar-refractivity contribution in [1.29, 1.82) is 5.26 Å². The molecule has 0 saturated carbocycles. The van der Waals surface area contributed by atoms with Gasteiger partial charge in [0.2, 0.25) is 0 Å². The molecule has 1 unspecified atom stereocenters. The van der Waals surface area contributed by atoms with Crippen LogP contribution in [0.15, 0.2) is 46.1 Å². The lowest BCUT2D eigenvalue weighted by Crippen LogP contribution is -2.49. The number of amides is 1. The van der Waals surface area contributed by atoms with Crippen LogP contribution in [0.5, 0.6) is 0 Å². The molecule has 0 saturated heterocycles. The van der Waals surface area contributed by atoms with E-state index >= 15 is 0 Å². The van der Waals surface area contributed by atoms with Crippen molar-refractivity contribution in [3.05, 3.63) is 75.4 Å². The van der Waals surface area contributed by atoms with Crippen LogP contribution in [0.25, 0.3) is 0 Å². The molecule has 1 atom stereocenters. The van der Waals surface area contributed by atoms with Crippen molar-refractivity contribution in [1.82, 2.24) is 15.0 Å². The minimum absolute atomic E-state index is 0.329. The standard InChI is InChI=1S/C25H26N6O2S/c1-13-7-8-14(2)20(9-13)31-17(5)22(24(32)27-21-10-15(3)33-29-21)23(28-25(31)34)19-11-18(12-26)30(6)16(19)4/h7-11,23H,1-6H3,(H,28,34)(H,27,29,32). The van der Waals surface area contributed by atoms with E-state index in [9.17, 15) is 10.1 Å². The Hall–Kier alpha value is -3.90. The summed E-state index contributed by atoms with van der Waals surface area (Å²) in [6.45, 7) is 9.59. The quantitative estimate of drug-likeness (QED) is 0.538. The van der Waals surface area contributed by atoms with E-state index in [0.717, 1.165) is 28.1 Å². The fourth-order valence-electron chi connectivity index (χ4n) is 4.25. The summed E-state index contributed by atoms with van der Waals surface area (Å²) in [6, 6.07) is 11.2. The van der Waals surface area contributed by atoms with Gasteiger partial charge in [-0.1, -0.05) is 17.3 Å². The Morgan fingerprint density at radius 2 is 1.94 bits per heavy atom. The number of hydrogen-bond acceptors (Lipinski definition) is 5. The molecule has 34 heavy (non-hydrogen) atoms. The van der Waals surface area contributed by atoms with Gasteiger partial charge in [0, 0.05) is 30.1 Å². The number of nitriles is 1. The van der Waals surface area contributed by atoms with Crippen LogP contribution < -0.4 is 15.5 Å². The average molecular weight is 475 g/mol. The second-order valence-corrected chi connectivity index (χ2v) is 8.91. The molecule has 3 aromatic rings. The van der Waals surface area contributed by atoms with Gasteiger partial charge in [-0.3, -0.25) is 9.69 Å². The van der Waals surface area contributed by atoms with E-state index in [1.54, 1.807) is 19.1 Å². The predicted molar refractivity (Wildman–Crippen MR) is 134 cm³/mol. The van der Waals surface area contributed by atoms with Gasteiger partial charge in [0.05, 0.1) is 17.3 Å². The Balaban J connectivity index is 1.89. The topological polar surface area (TPSA) is 99.1 Å². The van der Waals surface area contributed by atoms with E-state index in [1.165, 1.54) is 0 Å². The van der Waals surface area contributed by atoms with Crippen LogP contribution in [0.4, 0.5) is 11.5 Å². The van der Waals surface area contributed by atoms with Gasteiger partial charge in [-0.25, -0.2) is 0 Å². The van der Waals surface area contributed by atoms with Gasteiger partial charge >= 0.3 is 0 Å². The fraction of sp³-hybridized carbons (Fsp3) is 0.280. The Kier molecular flexibility index (Phi) is 6.02. The van der Waals surface area contributed by atoms with Gasteiger partial charge in [-0.05, 0) is 70.1 Å². The zero-order valence-corrected chi connectivity index (χ0v) is 20.8. The molecule has 2 N–H and O–H groups in total. The highest BCUT2D eigenvalue weighted by Crippen LogP contribution is 2.37. The zero-order chi connectivity index (χ0) is 24.7. The number of nitrogens with zero attached hydrogens (tertiary/aromatic N) is 4. The predicted octanol–water partition coefficient (Wildman–Crippen LogP) is 4.47. The minimum Gasteiger partial charge on any atom is -0.360 e. The smallest absolute Gasteiger partial charge is 0.257 e. The van der Waals surface area contributed by atoms with Gasteiger partial charge in [0.25, 0.3) is 5.91 Å². The number of nitrogens with one attached hydrogen (secondary N) is 2. The van der Waals surface area contributed by atoms with E-state index in [0.29, 0.717) is 33.7 Å². The van der Waals surface area contributed by atoms with Crippen LogP contribution in [0, 0.1) is 39.0 Å². The number of hydrogen-bond donors (Lipinski definition) is 2. The third-order valence-corrected chi connectivity index (χ3v) is 6.50. The Bertz CT molecular complexity index is 1390. The van der Waals surface area contributed by atoms with E-state index in [4.69, 9.17) is 16.7 Å². The molecule has 0 fully saturated rings. The van der Waals surface area contributed by atoms with Gasteiger partial charge in [0.1, 0.15) is 17.5 Å². The van der Waals surface area contributed by atoms with Gasteiger partial charge in [-0.2, -0.15) is 5.26 Å². The van der Waals surface area contributed by atoms with Crippen LogP contribution in [-0.2, 0) is 11.8 Å². The summed E-state index contributed by atoms with van der Waals surface area (Å²) >= 11 is 5.80. The molecular weight excluding hydrogens is 448 g/mol. The maximum Gasteiger partial charge on any atom is 0.257 e. The Morgan fingerprint density at radius 1 is 1.21 bits per heavy atom. The molecule has 0 bridgehead atoms. The molecule has 1 aliphatic rings. The van der Waals surface area contributed by atoms with E-state index in [2.05, 4.69) is 21.9 Å². The molecular formula is C25H26N6O2S. The normalized spacial score (nSPS) is 15.9. The van der Waals surface area contributed by atoms with Crippen molar-refractivity contribution in [3.63, 3.8) is 0 Å². The van der Waals surface area contributed by atoms with E-state index in [-0.39, 0.29) is 5.91 Å². The molecule has 1 amide bonds. The summed E-state index contributed by atoms with van der Waals surface area (Å²) < 4.78 is 6.92. The van der Waals surface area contributed by atoms with Gasteiger partial charge < -0.3 is 19.7 Å². The maximum absolute atomic E-state index is 13.6. The largest absolute Gasteiger partial charge is 0.360 e. The summed E-state index contributed by atoms with van der Waals surface area (Å²) in [5, 5.41) is 20.1. The lowest BCUT2D eigenvalue weighted by Gasteiger charge is -2.38. The van der Waals surface area contributed by atoms with E-state index in [1.807, 2.05) is 62.4 Å². The van der Waals surface area contributed by atoms with Crippen LogP contribution in [0.2, 0.25) is 0 Å². The summed E-state index contributed by atoms with van der Waals surface area (Å²) in [4.78, 5) is 15.5. The molecule has 8 nitrogen and oxygen atoms in total. The molecule has 0 aliphatic carbocycles. The van der Waals surface area contributed by atoms with Crippen molar-refractivity contribution in [2.24, 2.45) is 7.05 Å². The second-order valence-electron chi connectivity index (χ2n) is 8.53. The SMILES string of the molecule is CC1=C(C(=O)Nc2cc(C)on2)C(c2cc(C#N)n(C)c2C)NC(=S)N1c1cc(C)ccc1C. The molecule has 174 valence electrons. The highest BCUT2D eigenvalue weighted by atomic mass is 32.1. The maximum atomic E-state index is 13.6. The molecule has 1 aromatic carbocycles. The Morgan fingerprint density at radius 3 is 2.56 bits per heavy atom. The van der Waals surface area contributed by atoms with Crippen LogP contribution >= 0.6 is 12.2 Å². The van der Waals surface area contributed by atoms with Gasteiger partial charge in [-0.15, -0.1) is 0 Å². The molecule has 2 aromatic heterocycles. The summed E-state index contributed by atoms with van der Waals surface area (Å²) in [5.41, 5.74) is 6.37. The third-order valence-electron chi connectivity index (χ3n) is 6.20. The first-order chi connectivity index (χ1) is 16.1. The number of rotatable bonds is 4. The van der Waals surface area contributed by atoms with Crippen LogP contribution in [0.3, 0.4) is 0 Å². The zero-order valence-electron chi connectivity index (χ0n) is 20.0. The van der Waals surface area contributed by atoms with Crippen molar-refractivity contribution < 1.29 is 9.32 Å². The number of allylic oxidation sites excluding steroid dienone is 1. The number of aromatic nitrogens is 2. The molecule has 4 rings (SSSR count). The molecule has 3 heterocycles. The second kappa shape index (κ2) is 8.80. The van der Waals surface area contributed by atoms with Crippen LogP contribution in [-0.4, -0.2) is 20.7 Å². The summed E-state index contributed by atoms with van der Waals surface area (Å²) in [7, 11) is 1.83. The number of aryl methyl sites for hydroxylation is 3. The van der Waals surface area contributed by atoms with Crippen molar-refractivity contribution in [2.45, 2.75) is 40.7 Å². The van der Waals surface area contributed by atoms with Crippen molar-refractivity contribution in [3.8, 4) is 6.07 Å². The highest BCUT2D eigenvalue weighted by Gasteiger charge is 2.37. The van der Waals surface area contributed by atoms with Crippen molar-refractivity contribution >= 4 is 34.7 Å². The number of anilines is 2. The van der Waals surface area contributed by atoms with Crippen molar-refractivity contribution in [2.75, 3.05) is 10.2 Å². The number of benzene rings is 1. The number of carbonyl (C=O) groups excluding carboxylic acids is 1. The summed E-state index contributed by atoms with van der Waals surface area (Å²) in [6.07, 6.45) is 0. The lowest BCUT2D eigenvalue weighted by atomic mass is 9.93. The highest BCUT2D eigenvalue weighted by molar-refractivity contribution is 7.80. The summed E-state index contributed by atoms with van der Waals surface area (Å²) in [5.74, 6) is 0.591. The number of thiocarbonyl (C=S) groups is 1. The molecule has 1 aliphatic heterocycles. The monoisotopic (exact) mass is 474 g/mol. The number of carbonyl (C=O) groups is 1. The first-order valence-corrected chi connectivity index (χ1v) is 11.2. The van der Waals surface area contributed by atoms with Gasteiger partial charge in [0.15, 0.2) is 10.9 Å². The molecule has 9 heteroatoms. The van der Waals surface area contributed by atoms with Crippen LogP contribution in [0.1, 0.15) is 46.8 Å².